The van der Waals surface area contributed by atoms with Gasteiger partial charge in [-0.2, -0.15) is 4.98 Å². The van der Waals surface area contributed by atoms with Gasteiger partial charge in [0.1, 0.15) is 5.75 Å². The lowest BCUT2D eigenvalue weighted by Gasteiger charge is -2.06. The van der Waals surface area contributed by atoms with Gasteiger partial charge in [-0.15, -0.1) is 24.0 Å². The Hall–Kier alpha value is -2.33. The quantitative estimate of drug-likeness (QED) is 0.302. The summed E-state index contributed by atoms with van der Waals surface area (Å²) in [6, 6.07) is 14.6. The first-order chi connectivity index (χ1) is 12.6. The Morgan fingerprint density at radius 1 is 1.19 bits per heavy atom. The highest BCUT2D eigenvalue weighted by Gasteiger charge is 2.08. The molecule has 2 aromatic carbocycles. The molecule has 0 saturated carbocycles. The molecule has 3 rings (SSSR count). The fourth-order valence-electron chi connectivity index (χ4n) is 2.21. The van der Waals surface area contributed by atoms with E-state index in [4.69, 9.17) is 26.6 Å². The Morgan fingerprint density at radius 3 is 2.56 bits per heavy atom. The van der Waals surface area contributed by atoms with Gasteiger partial charge in [-0.3, -0.25) is 4.99 Å². The molecule has 0 aliphatic heterocycles. The van der Waals surface area contributed by atoms with Gasteiger partial charge in [0, 0.05) is 22.7 Å². The van der Waals surface area contributed by atoms with Crippen molar-refractivity contribution in [2.24, 2.45) is 10.7 Å². The second-order valence-corrected chi connectivity index (χ2v) is 5.83. The summed E-state index contributed by atoms with van der Waals surface area (Å²) in [4.78, 5) is 8.60. The average molecular weight is 500 g/mol. The van der Waals surface area contributed by atoms with Crippen molar-refractivity contribution in [3.8, 4) is 17.1 Å². The van der Waals surface area contributed by atoms with E-state index in [9.17, 15) is 0 Å². The van der Waals surface area contributed by atoms with Gasteiger partial charge in [0.2, 0.25) is 11.7 Å². The van der Waals surface area contributed by atoms with E-state index in [0.717, 1.165) is 17.0 Å². The third-order valence-corrected chi connectivity index (χ3v) is 3.79. The van der Waals surface area contributed by atoms with Crippen molar-refractivity contribution in [1.29, 1.82) is 0 Å². The maximum atomic E-state index is 5.88. The fraction of sp³-hybridized carbons (Fsp3) is 0.167. The molecule has 0 radical (unpaired) electrons. The summed E-state index contributed by atoms with van der Waals surface area (Å²) in [6.07, 6.45) is 0.492. The number of anilines is 1. The minimum atomic E-state index is 0. The molecule has 0 unspecified atom stereocenters. The van der Waals surface area contributed by atoms with Crippen molar-refractivity contribution in [3.63, 3.8) is 0 Å². The first-order valence-corrected chi connectivity index (χ1v) is 8.31. The number of ether oxygens (including phenoxy) is 1. The molecule has 9 heteroatoms. The third kappa shape index (κ3) is 6.10. The first kappa shape index (κ1) is 21.0. The Bertz CT molecular complexity index is 882. The molecular weight excluding hydrogens is 481 g/mol. The lowest BCUT2D eigenvalue weighted by Crippen LogP contribution is -2.23. The number of aromatic nitrogens is 2. The van der Waals surface area contributed by atoms with Crippen LogP contribution < -0.4 is 15.8 Å². The average Bonchev–Trinajstić information content (AvgIpc) is 3.12. The number of nitrogens with one attached hydrogen (secondary N) is 1. The zero-order valence-electron chi connectivity index (χ0n) is 14.6. The SMILES string of the molecule is COc1ccc(NC(N)=NCCc2nc(-c3ccc(Cl)cc3)no2)cc1.I. The van der Waals surface area contributed by atoms with Gasteiger partial charge in [0.15, 0.2) is 5.96 Å². The van der Waals surface area contributed by atoms with Crippen LogP contribution in [0, 0.1) is 0 Å². The summed E-state index contributed by atoms with van der Waals surface area (Å²) >= 11 is 5.87. The van der Waals surface area contributed by atoms with Crippen molar-refractivity contribution in [3.05, 3.63) is 59.4 Å². The molecule has 0 atom stereocenters. The molecule has 0 fully saturated rings. The Kier molecular flexibility index (Phi) is 7.86. The van der Waals surface area contributed by atoms with Crippen LogP contribution in [0.15, 0.2) is 58.0 Å². The maximum absolute atomic E-state index is 5.88. The molecule has 1 aromatic heterocycles. The smallest absolute Gasteiger partial charge is 0.228 e. The number of nitrogens with zero attached hydrogens (tertiary/aromatic N) is 3. The fourth-order valence-corrected chi connectivity index (χ4v) is 2.33. The first-order valence-electron chi connectivity index (χ1n) is 7.93. The van der Waals surface area contributed by atoms with E-state index < -0.39 is 0 Å². The Labute approximate surface area is 179 Å². The van der Waals surface area contributed by atoms with Gasteiger partial charge in [-0.1, -0.05) is 16.8 Å². The molecule has 0 saturated heterocycles. The lowest BCUT2D eigenvalue weighted by molar-refractivity contribution is 0.380. The van der Waals surface area contributed by atoms with Crippen LogP contribution in [-0.4, -0.2) is 29.8 Å². The maximum Gasteiger partial charge on any atom is 0.228 e. The zero-order chi connectivity index (χ0) is 18.4. The molecule has 0 bridgehead atoms. The van der Waals surface area contributed by atoms with Crippen molar-refractivity contribution < 1.29 is 9.26 Å². The monoisotopic (exact) mass is 499 g/mol. The van der Waals surface area contributed by atoms with E-state index >= 15 is 0 Å². The zero-order valence-corrected chi connectivity index (χ0v) is 17.6. The van der Waals surface area contributed by atoms with Crippen LogP contribution in [0.1, 0.15) is 5.89 Å². The summed E-state index contributed by atoms with van der Waals surface area (Å²) in [5, 5.41) is 7.63. The largest absolute Gasteiger partial charge is 0.497 e. The summed E-state index contributed by atoms with van der Waals surface area (Å²) in [7, 11) is 1.62. The minimum absolute atomic E-state index is 0. The molecule has 0 aliphatic carbocycles. The van der Waals surface area contributed by atoms with Crippen LogP contribution in [0.4, 0.5) is 5.69 Å². The molecule has 7 nitrogen and oxygen atoms in total. The van der Waals surface area contributed by atoms with Gasteiger partial charge < -0.3 is 20.3 Å². The van der Waals surface area contributed by atoms with E-state index in [1.54, 1.807) is 19.2 Å². The number of halogens is 2. The molecule has 27 heavy (non-hydrogen) atoms. The number of benzene rings is 2. The highest BCUT2D eigenvalue weighted by Crippen LogP contribution is 2.19. The molecular formula is C18H19ClIN5O2. The summed E-state index contributed by atoms with van der Waals surface area (Å²) in [5.74, 6) is 2.10. The van der Waals surface area contributed by atoms with E-state index in [0.29, 0.717) is 35.7 Å². The van der Waals surface area contributed by atoms with Crippen molar-refractivity contribution in [2.45, 2.75) is 6.42 Å². The van der Waals surface area contributed by atoms with Crippen LogP contribution in [0.5, 0.6) is 5.75 Å². The Balaban J connectivity index is 0.00000261. The van der Waals surface area contributed by atoms with E-state index in [1.807, 2.05) is 36.4 Å². The molecule has 1 heterocycles. The predicted octanol–water partition coefficient (Wildman–Crippen LogP) is 3.99. The van der Waals surface area contributed by atoms with Crippen LogP contribution >= 0.6 is 35.6 Å². The topological polar surface area (TPSA) is 98.6 Å². The third-order valence-electron chi connectivity index (χ3n) is 3.54. The highest BCUT2D eigenvalue weighted by atomic mass is 127. The second kappa shape index (κ2) is 10.1. The van der Waals surface area contributed by atoms with Gasteiger partial charge in [-0.05, 0) is 48.5 Å². The summed E-state index contributed by atoms with van der Waals surface area (Å²) in [5.41, 5.74) is 7.55. The van der Waals surface area contributed by atoms with Gasteiger partial charge >= 0.3 is 0 Å². The number of aliphatic imine (C=N–C) groups is 1. The highest BCUT2D eigenvalue weighted by molar-refractivity contribution is 14.0. The number of hydrogen-bond acceptors (Lipinski definition) is 5. The molecule has 0 aliphatic rings. The molecule has 142 valence electrons. The van der Waals surface area contributed by atoms with Crippen molar-refractivity contribution in [2.75, 3.05) is 19.0 Å². The van der Waals surface area contributed by atoms with Gasteiger partial charge in [0.05, 0.1) is 13.7 Å². The molecule has 0 amide bonds. The van der Waals surface area contributed by atoms with E-state index in [2.05, 4.69) is 20.4 Å². The van der Waals surface area contributed by atoms with Crippen LogP contribution in [0.2, 0.25) is 5.02 Å². The normalized spacial score (nSPS) is 11.0. The number of nitrogens with two attached hydrogens (primary N) is 1. The number of guanidine groups is 1. The van der Waals surface area contributed by atoms with E-state index in [-0.39, 0.29) is 24.0 Å². The Morgan fingerprint density at radius 2 is 1.89 bits per heavy atom. The van der Waals surface area contributed by atoms with Crippen LogP contribution in [-0.2, 0) is 6.42 Å². The summed E-state index contributed by atoms with van der Waals surface area (Å²) < 4.78 is 10.3. The predicted molar refractivity (Wildman–Crippen MR) is 117 cm³/mol. The minimum Gasteiger partial charge on any atom is -0.497 e. The number of hydrogen-bond donors (Lipinski definition) is 2. The standard InChI is InChI=1S/C18H18ClN5O2.HI/c1-25-15-8-6-14(7-9-15)22-18(20)21-11-10-16-23-17(24-26-16)12-2-4-13(19)5-3-12;/h2-9H,10-11H2,1H3,(H3,20,21,22);1H. The molecule has 0 spiro atoms. The number of rotatable bonds is 6. The lowest BCUT2D eigenvalue weighted by atomic mass is 10.2. The van der Waals surface area contributed by atoms with Crippen molar-refractivity contribution in [1.82, 2.24) is 10.1 Å². The number of methoxy groups -OCH3 is 1. The van der Waals surface area contributed by atoms with Gasteiger partial charge in [0.25, 0.3) is 0 Å². The van der Waals surface area contributed by atoms with Crippen LogP contribution in [0.25, 0.3) is 11.4 Å². The van der Waals surface area contributed by atoms with Gasteiger partial charge in [-0.25, -0.2) is 0 Å². The van der Waals surface area contributed by atoms with E-state index in [1.165, 1.54) is 0 Å². The molecule has 3 aromatic rings. The second-order valence-electron chi connectivity index (χ2n) is 5.39. The summed E-state index contributed by atoms with van der Waals surface area (Å²) in [6.45, 7) is 0.428. The van der Waals surface area contributed by atoms with Crippen LogP contribution in [0.3, 0.4) is 0 Å². The molecule has 3 N–H and O–H groups in total. The van der Waals surface area contributed by atoms with Crippen molar-refractivity contribution >= 4 is 47.2 Å².